The number of nitrogens with zero attached hydrogens (tertiary/aromatic N) is 4. The van der Waals surface area contributed by atoms with Crippen LogP contribution in [0, 0.1) is 34.5 Å². The Morgan fingerprint density at radius 3 is 2.52 bits per heavy atom. The Labute approximate surface area is 198 Å². The first-order valence-corrected chi connectivity index (χ1v) is 13.7. The molecule has 1 aromatic heterocycles. The molecule has 0 aromatic carbocycles. The fourth-order valence-corrected chi connectivity index (χ4v) is 9.67. The van der Waals surface area contributed by atoms with Crippen molar-refractivity contribution in [1.29, 1.82) is 0 Å². The Bertz CT molecular complexity index is 867. The lowest BCUT2D eigenvalue weighted by Crippen LogP contribution is -2.56. The molecule has 0 unspecified atom stereocenters. The molecule has 0 N–H and O–H groups in total. The fourth-order valence-electron chi connectivity index (χ4n) is 9.67. The molecule has 33 heavy (non-hydrogen) atoms. The van der Waals surface area contributed by atoms with Gasteiger partial charge in [0.2, 0.25) is 0 Å². The average Bonchev–Trinajstić information content (AvgIpc) is 3.54. The van der Waals surface area contributed by atoms with Crippen LogP contribution in [0.4, 0.5) is 0 Å². The van der Waals surface area contributed by atoms with Crippen LogP contribution < -0.4 is 0 Å². The van der Waals surface area contributed by atoms with E-state index in [1.807, 2.05) is 11.0 Å². The maximum atomic E-state index is 12.1. The maximum Gasteiger partial charge on any atom is 0.302 e. The summed E-state index contributed by atoms with van der Waals surface area (Å²) in [7, 11) is 0. The molecule has 0 spiro atoms. The van der Waals surface area contributed by atoms with E-state index in [9.17, 15) is 4.79 Å². The highest BCUT2D eigenvalue weighted by atomic mass is 16.5. The van der Waals surface area contributed by atoms with E-state index in [-0.39, 0.29) is 23.5 Å². The normalized spacial score (nSPS) is 47.5. The van der Waals surface area contributed by atoms with E-state index < -0.39 is 0 Å². The van der Waals surface area contributed by atoms with Crippen LogP contribution in [0.3, 0.4) is 0 Å². The fraction of sp³-hybridized carbons (Fsp3) is 0.889. The van der Waals surface area contributed by atoms with Crippen LogP contribution in [0.25, 0.3) is 0 Å². The number of hydrogen-bond donors (Lipinski definition) is 0. The van der Waals surface area contributed by atoms with Gasteiger partial charge >= 0.3 is 5.97 Å². The molecule has 1 aliphatic heterocycles. The summed E-state index contributed by atoms with van der Waals surface area (Å²) in [6.07, 6.45) is 16.6. The van der Waals surface area contributed by atoms with Crippen molar-refractivity contribution in [2.75, 3.05) is 13.1 Å². The zero-order chi connectivity index (χ0) is 22.8. The lowest BCUT2D eigenvalue weighted by atomic mass is 9.45. The molecule has 5 aliphatic rings. The third kappa shape index (κ3) is 3.41. The molecule has 4 aliphatic carbocycles. The van der Waals surface area contributed by atoms with Gasteiger partial charge in [0, 0.05) is 18.4 Å². The Kier molecular flexibility index (Phi) is 5.39. The molecule has 6 rings (SSSR count). The standard InChI is InChI=1S/C27H42N4O2/c1-18(32)33-25-24(31-17-28-16-29-31)15-23-21-7-6-19-14-20(30-12-4-5-13-30)8-10-26(19,2)22(21)9-11-27(23,25)3/h16-17,19-25H,4-15H2,1-3H3/t19-,20-,21+,22-,23-,24-,25-,26-,27-/m0/s1. The smallest absolute Gasteiger partial charge is 0.302 e. The molecule has 6 nitrogen and oxygen atoms in total. The van der Waals surface area contributed by atoms with Gasteiger partial charge in [-0.1, -0.05) is 13.8 Å². The van der Waals surface area contributed by atoms with Crippen molar-refractivity contribution < 1.29 is 9.53 Å². The zero-order valence-electron chi connectivity index (χ0n) is 20.8. The van der Waals surface area contributed by atoms with Gasteiger partial charge in [-0.2, -0.15) is 5.10 Å². The van der Waals surface area contributed by atoms with Crippen LogP contribution in [-0.4, -0.2) is 50.9 Å². The van der Waals surface area contributed by atoms with Crippen LogP contribution in [0.15, 0.2) is 12.7 Å². The maximum absolute atomic E-state index is 12.1. The van der Waals surface area contributed by atoms with E-state index in [0.29, 0.717) is 11.3 Å². The highest BCUT2D eigenvalue weighted by molar-refractivity contribution is 5.66. The quantitative estimate of drug-likeness (QED) is 0.610. The van der Waals surface area contributed by atoms with Crippen molar-refractivity contribution in [3.63, 3.8) is 0 Å². The van der Waals surface area contributed by atoms with Crippen LogP contribution in [0.5, 0.6) is 0 Å². The van der Waals surface area contributed by atoms with Crippen molar-refractivity contribution >= 4 is 5.97 Å². The summed E-state index contributed by atoms with van der Waals surface area (Å²) >= 11 is 0. The van der Waals surface area contributed by atoms with Crippen molar-refractivity contribution in [2.24, 2.45) is 34.5 Å². The first-order valence-electron chi connectivity index (χ1n) is 13.7. The average molecular weight is 455 g/mol. The van der Waals surface area contributed by atoms with Gasteiger partial charge in [0.15, 0.2) is 0 Å². The molecule has 2 heterocycles. The van der Waals surface area contributed by atoms with Crippen LogP contribution >= 0.6 is 0 Å². The summed E-state index contributed by atoms with van der Waals surface area (Å²) in [5.41, 5.74) is 0.530. The van der Waals surface area contributed by atoms with Gasteiger partial charge in [0.05, 0.1) is 6.04 Å². The summed E-state index contributed by atoms with van der Waals surface area (Å²) in [5.74, 6) is 2.90. The van der Waals surface area contributed by atoms with Crippen molar-refractivity contribution in [3.05, 3.63) is 12.7 Å². The van der Waals surface area contributed by atoms with E-state index in [0.717, 1.165) is 30.2 Å². The molecule has 182 valence electrons. The Hall–Kier alpha value is -1.43. The number of carbonyl (C=O) groups excluding carboxylic acids is 1. The molecule has 0 bridgehead atoms. The van der Waals surface area contributed by atoms with E-state index in [2.05, 4.69) is 28.8 Å². The van der Waals surface area contributed by atoms with Gasteiger partial charge in [-0.3, -0.25) is 4.79 Å². The number of aromatic nitrogens is 3. The molecule has 1 aromatic rings. The number of fused-ring (bicyclic) bond motifs is 5. The Morgan fingerprint density at radius 2 is 1.79 bits per heavy atom. The third-order valence-corrected chi connectivity index (χ3v) is 11.3. The van der Waals surface area contributed by atoms with Crippen LogP contribution in [0.2, 0.25) is 0 Å². The second kappa shape index (κ2) is 8.07. The molecule has 5 fully saturated rings. The second-order valence-corrected chi connectivity index (χ2v) is 12.6. The first kappa shape index (κ1) is 22.1. The predicted molar refractivity (Wildman–Crippen MR) is 126 cm³/mol. The largest absolute Gasteiger partial charge is 0.460 e. The highest BCUT2D eigenvalue weighted by Crippen LogP contribution is 2.68. The molecular formula is C27H42N4O2. The van der Waals surface area contributed by atoms with Gasteiger partial charge in [0.1, 0.15) is 18.8 Å². The third-order valence-electron chi connectivity index (χ3n) is 11.3. The lowest BCUT2D eigenvalue weighted by molar-refractivity contribution is -0.164. The van der Waals surface area contributed by atoms with Crippen molar-refractivity contribution in [1.82, 2.24) is 19.7 Å². The van der Waals surface area contributed by atoms with E-state index >= 15 is 0 Å². The van der Waals surface area contributed by atoms with Crippen LogP contribution in [-0.2, 0) is 9.53 Å². The molecule has 4 saturated carbocycles. The number of ether oxygens (including phenoxy) is 1. The van der Waals surface area contributed by atoms with Gasteiger partial charge in [-0.25, -0.2) is 9.67 Å². The molecule has 0 amide bonds. The lowest BCUT2D eigenvalue weighted by Gasteiger charge is -2.61. The number of esters is 1. The SMILES string of the molecule is CC(=O)O[C@H]1[C@@H](n2cncn2)C[C@H]2[C@@H]3CC[C@H]4C[C@@H](N5CCCC5)CC[C@]4(C)[C@H]3CC[C@@]21C. The summed E-state index contributed by atoms with van der Waals surface area (Å²) in [4.78, 5) is 19.1. The van der Waals surface area contributed by atoms with Gasteiger partial charge in [0.25, 0.3) is 0 Å². The molecule has 6 heteroatoms. The van der Waals surface area contributed by atoms with Gasteiger partial charge in [-0.05, 0) is 106 Å². The second-order valence-electron chi connectivity index (χ2n) is 12.6. The number of hydrogen-bond acceptors (Lipinski definition) is 5. The molecule has 1 saturated heterocycles. The number of carbonyl (C=O) groups is 1. The van der Waals surface area contributed by atoms with Gasteiger partial charge < -0.3 is 9.64 Å². The summed E-state index contributed by atoms with van der Waals surface area (Å²) in [6, 6.07) is 0.953. The Balaban J connectivity index is 1.26. The van der Waals surface area contributed by atoms with Crippen LogP contribution in [0.1, 0.15) is 91.0 Å². The number of likely N-dealkylation sites (tertiary alicyclic amines) is 1. The first-order chi connectivity index (χ1) is 15.9. The van der Waals surface area contributed by atoms with E-state index in [1.165, 1.54) is 70.9 Å². The minimum Gasteiger partial charge on any atom is -0.460 e. The minimum atomic E-state index is -0.162. The molecule has 0 radical (unpaired) electrons. The van der Waals surface area contributed by atoms with E-state index in [1.54, 1.807) is 13.3 Å². The Morgan fingerprint density at radius 1 is 1.00 bits per heavy atom. The van der Waals surface area contributed by atoms with Crippen molar-refractivity contribution in [3.8, 4) is 0 Å². The summed E-state index contributed by atoms with van der Waals surface area (Å²) < 4.78 is 8.04. The molecule has 9 atom stereocenters. The monoisotopic (exact) mass is 454 g/mol. The van der Waals surface area contributed by atoms with E-state index in [4.69, 9.17) is 4.74 Å². The molecular weight excluding hydrogens is 412 g/mol. The number of rotatable bonds is 3. The zero-order valence-corrected chi connectivity index (χ0v) is 20.8. The minimum absolute atomic E-state index is 0.0411. The van der Waals surface area contributed by atoms with Crippen molar-refractivity contribution in [2.45, 2.75) is 103 Å². The summed E-state index contributed by atoms with van der Waals surface area (Å²) in [5, 5.41) is 4.48. The predicted octanol–water partition coefficient (Wildman–Crippen LogP) is 4.87. The highest BCUT2D eigenvalue weighted by Gasteiger charge is 2.64. The van der Waals surface area contributed by atoms with Gasteiger partial charge in [-0.15, -0.1) is 0 Å². The summed E-state index contributed by atoms with van der Waals surface area (Å²) in [6.45, 7) is 9.30. The topological polar surface area (TPSA) is 60.3 Å².